The lowest BCUT2D eigenvalue weighted by atomic mass is 10.0. The Hall–Kier alpha value is -3.61. The number of carbonyl (C=O) groups excluding carboxylic acids is 3. The van der Waals surface area contributed by atoms with E-state index < -0.39 is 17.8 Å². The van der Waals surface area contributed by atoms with Gasteiger partial charge in [-0.1, -0.05) is 12.1 Å². The maximum absolute atomic E-state index is 13.0. The highest BCUT2D eigenvalue weighted by molar-refractivity contribution is 6.39. The molecule has 0 radical (unpaired) electrons. The summed E-state index contributed by atoms with van der Waals surface area (Å²) < 4.78 is 10.5. The minimum Gasteiger partial charge on any atom is -0.497 e. The zero-order valence-corrected chi connectivity index (χ0v) is 16.0. The summed E-state index contributed by atoms with van der Waals surface area (Å²) in [6, 6.07) is 9.53. The molecule has 1 aliphatic heterocycles. The molecule has 7 nitrogen and oxygen atoms in total. The third-order valence-corrected chi connectivity index (χ3v) is 4.66. The molecule has 0 spiro atoms. The Kier molecular flexibility index (Phi) is 5.17. The molecule has 0 atom stereocenters. The maximum atomic E-state index is 13.0. The van der Waals surface area contributed by atoms with Crippen molar-refractivity contribution in [1.82, 2.24) is 5.32 Å². The number of carbonyl (C=O) groups is 3. The van der Waals surface area contributed by atoms with Crippen LogP contribution in [0.25, 0.3) is 6.08 Å². The molecule has 2 aromatic rings. The standard InChI is InChI=1S/C21H20N2O5/c1-12-6-5-7-17(13(12)2)23-20(25)16(19(24)22-21(23)26)10-14-8-9-15(27-3)11-18(14)28-4/h5-11H,1-4H3,(H,22,24,26)/b16-10+. The summed E-state index contributed by atoms with van der Waals surface area (Å²) in [7, 11) is 3.00. The van der Waals surface area contributed by atoms with Crippen LogP contribution in [0.2, 0.25) is 0 Å². The number of benzene rings is 2. The molecular formula is C21H20N2O5. The summed E-state index contributed by atoms with van der Waals surface area (Å²) in [5.41, 5.74) is 2.49. The van der Waals surface area contributed by atoms with Crippen molar-refractivity contribution in [2.45, 2.75) is 13.8 Å². The number of aryl methyl sites for hydroxylation is 1. The van der Waals surface area contributed by atoms with Gasteiger partial charge in [-0.2, -0.15) is 0 Å². The molecule has 28 heavy (non-hydrogen) atoms. The van der Waals surface area contributed by atoms with Crippen LogP contribution in [-0.2, 0) is 9.59 Å². The average molecular weight is 380 g/mol. The first-order chi connectivity index (χ1) is 13.4. The quantitative estimate of drug-likeness (QED) is 0.651. The zero-order chi connectivity index (χ0) is 20.4. The first kappa shape index (κ1) is 19.2. The molecule has 1 saturated heterocycles. The fourth-order valence-corrected chi connectivity index (χ4v) is 2.95. The molecule has 1 fully saturated rings. The van der Waals surface area contributed by atoms with Crippen LogP contribution in [0.1, 0.15) is 16.7 Å². The van der Waals surface area contributed by atoms with E-state index in [0.717, 1.165) is 16.0 Å². The van der Waals surface area contributed by atoms with Crippen molar-refractivity contribution in [1.29, 1.82) is 0 Å². The third kappa shape index (κ3) is 3.34. The Morgan fingerprint density at radius 1 is 1.00 bits per heavy atom. The van der Waals surface area contributed by atoms with E-state index in [-0.39, 0.29) is 5.57 Å². The number of imide groups is 2. The van der Waals surface area contributed by atoms with Gasteiger partial charge in [0.05, 0.1) is 19.9 Å². The van der Waals surface area contributed by atoms with Crippen molar-refractivity contribution in [3.63, 3.8) is 0 Å². The lowest BCUT2D eigenvalue weighted by Gasteiger charge is -2.28. The number of methoxy groups -OCH3 is 2. The molecule has 4 amide bonds. The monoisotopic (exact) mass is 380 g/mol. The number of rotatable bonds is 4. The molecule has 144 valence electrons. The minimum absolute atomic E-state index is 0.163. The van der Waals surface area contributed by atoms with Crippen molar-refractivity contribution in [2.75, 3.05) is 19.1 Å². The molecule has 1 N–H and O–H groups in total. The maximum Gasteiger partial charge on any atom is 0.335 e. The van der Waals surface area contributed by atoms with Crippen LogP contribution in [0.4, 0.5) is 10.5 Å². The Bertz CT molecular complexity index is 1010. The lowest BCUT2D eigenvalue weighted by molar-refractivity contribution is -0.122. The van der Waals surface area contributed by atoms with Gasteiger partial charge in [0.25, 0.3) is 11.8 Å². The van der Waals surface area contributed by atoms with Crippen LogP contribution in [0.5, 0.6) is 11.5 Å². The highest BCUT2D eigenvalue weighted by Crippen LogP contribution is 2.30. The number of urea groups is 1. The molecule has 1 aliphatic rings. The summed E-state index contributed by atoms with van der Waals surface area (Å²) in [5, 5.41) is 2.23. The second kappa shape index (κ2) is 7.56. The van der Waals surface area contributed by atoms with Crippen LogP contribution < -0.4 is 19.7 Å². The van der Waals surface area contributed by atoms with Gasteiger partial charge in [0, 0.05) is 11.6 Å². The molecule has 1 heterocycles. The highest BCUT2D eigenvalue weighted by Gasteiger charge is 2.37. The topological polar surface area (TPSA) is 84.9 Å². The minimum atomic E-state index is -0.775. The molecule has 2 aromatic carbocycles. The van der Waals surface area contributed by atoms with Crippen molar-refractivity contribution in [2.24, 2.45) is 0 Å². The van der Waals surface area contributed by atoms with E-state index in [1.165, 1.54) is 20.3 Å². The van der Waals surface area contributed by atoms with E-state index in [1.54, 1.807) is 30.3 Å². The van der Waals surface area contributed by atoms with Gasteiger partial charge in [0.2, 0.25) is 0 Å². The SMILES string of the molecule is COc1ccc(/C=C2\C(=O)NC(=O)N(c3cccc(C)c3C)C2=O)c(OC)c1. The highest BCUT2D eigenvalue weighted by atomic mass is 16.5. The first-order valence-corrected chi connectivity index (χ1v) is 8.57. The van der Waals surface area contributed by atoms with Crippen molar-refractivity contribution < 1.29 is 23.9 Å². The van der Waals surface area contributed by atoms with E-state index in [0.29, 0.717) is 22.7 Å². The fraction of sp³-hybridized carbons (Fsp3) is 0.190. The van der Waals surface area contributed by atoms with Gasteiger partial charge in [-0.15, -0.1) is 0 Å². The number of nitrogens with one attached hydrogen (secondary N) is 1. The van der Waals surface area contributed by atoms with E-state index in [2.05, 4.69) is 5.32 Å². The van der Waals surface area contributed by atoms with Crippen LogP contribution in [0.3, 0.4) is 0 Å². The predicted molar refractivity (Wildman–Crippen MR) is 104 cm³/mol. The number of nitrogens with zero attached hydrogens (tertiary/aromatic N) is 1. The Morgan fingerprint density at radius 2 is 1.75 bits per heavy atom. The van der Waals surface area contributed by atoms with Crippen LogP contribution >= 0.6 is 0 Å². The molecule has 0 unspecified atom stereocenters. The first-order valence-electron chi connectivity index (χ1n) is 8.57. The number of ether oxygens (including phenoxy) is 2. The van der Waals surface area contributed by atoms with Gasteiger partial charge in [0.15, 0.2) is 0 Å². The number of barbiturate groups is 1. The smallest absolute Gasteiger partial charge is 0.335 e. The van der Waals surface area contributed by atoms with Crippen molar-refractivity contribution in [3.8, 4) is 11.5 Å². The van der Waals surface area contributed by atoms with Gasteiger partial charge >= 0.3 is 6.03 Å². The van der Waals surface area contributed by atoms with Gasteiger partial charge in [0.1, 0.15) is 17.1 Å². The largest absolute Gasteiger partial charge is 0.497 e. The normalized spacial score (nSPS) is 15.6. The Morgan fingerprint density at radius 3 is 2.43 bits per heavy atom. The third-order valence-electron chi connectivity index (χ3n) is 4.66. The van der Waals surface area contributed by atoms with Gasteiger partial charge in [-0.05, 0) is 49.2 Å². The predicted octanol–water partition coefficient (Wildman–Crippen LogP) is 2.99. The van der Waals surface area contributed by atoms with Crippen molar-refractivity contribution >= 4 is 29.6 Å². The number of amides is 4. The Balaban J connectivity index is 2.08. The molecule has 0 bridgehead atoms. The molecular weight excluding hydrogens is 360 g/mol. The van der Waals surface area contributed by atoms with Gasteiger partial charge in [-0.3, -0.25) is 14.9 Å². The summed E-state index contributed by atoms with van der Waals surface area (Å²) in [4.78, 5) is 38.8. The van der Waals surface area contributed by atoms with E-state index in [4.69, 9.17) is 9.47 Å². The van der Waals surface area contributed by atoms with Gasteiger partial charge in [-0.25, -0.2) is 9.69 Å². The summed E-state index contributed by atoms with van der Waals surface area (Å²) in [5.74, 6) is -0.442. The summed E-state index contributed by atoms with van der Waals surface area (Å²) >= 11 is 0. The molecule has 0 aliphatic carbocycles. The fourth-order valence-electron chi connectivity index (χ4n) is 2.95. The van der Waals surface area contributed by atoms with Gasteiger partial charge < -0.3 is 9.47 Å². The van der Waals surface area contributed by atoms with E-state index in [1.807, 2.05) is 19.9 Å². The van der Waals surface area contributed by atoms with Crippen LogP contribution in [0.15, 0.2) is 42.0 Å². The molecule has 0 aromatic heterocycles. The van der Waals surface area contributed by atoms with E-state index in [9.17, 15) is 14.4 Å². The lowest BCUT2D eigenvalue weighted by Crippen LogP contribution is -2.54. The summed E-state index contributed by atoms with van der Waals surface area (Å²) in [6.45, 7) is 3.70. The molecule has 3 rings (SSSR count). The van der Waals surface area contributed by atoms with Crippen molar-refractivity contribution in [3.05, 3.63) is 58.7 Å². The second-order valence-corrected chi connectivity index (χ2v) is 6.28. The Labute approximate surface area is 162 Å². The van der Waals surface area contributed by atoms with E-state index >= 15 is 0 Å². The molecule has 0 saturated carbocycles. The summed E-state index contributed by atoms with van der Waals surface area (Å²) in [6.07, 6.45) is 1.40. The second-order valence-electron chi connectivity index (χ2n) is 6.28. The van der Waals surface area contributed by atoms with Crippen LogP contribution in [0, 0.1) is 13.8 Å². The van der Waals surface area contributed by atoms with Crippen LogP contribution in [-0.4, -0.2) is 32.1 Å². The number of hydrogen-bond donors (Lipinski definition) is 1. The number of hydrogen-bond acceptors (Lipinski definition) is 5. The molecule has 7 heteroatoms. The number of anilines is 1. The zero-order valence-electron chi connectivity index (χ0n) is 16.0. The average Bonchev–Trinajstić information content (AvgIpc) is 2.68.